The van der Waals surface area contributed by atoms with E-state index in [0.717, 1.165) is 18.7 Å². The van der Waals surface area contributed by atoms with Gasteiger partial charge in [-0.1, -0.05) is 19.9 Å². The molecule has 2 rings (SSSR count). The number of aromatic nitrogens is 3. The number of hydrogen-bond acceptors (Lipinski definition) is 3. The molecule has 0 radical (unpaired) electrons. The molecular formula is C15H22N4. The van der Waals surface area contributed by atoms with Gasteiger partial charge in [-0.25, -0.2) is 0 Å². The molecule has 19 heavy (non-hydrogen) atoms. The molecule has 0 aliphatic carbocycles. The van der Waals surface area contributed by atoms with Gasteiger partial charge in [0.1, 0.15) is 0 Å². The van der Waals surface area contributed by atoms with E-state index in [9.17, 15) is 0 Å². The third-order valence-corrected chi connectivity index (χ3v) is 3.06. The van der Waals surface area contributed by atoms with Crippen molar-refractivity contribution in [1.82, 2.24) is 20.1 Å². The lowest BCUT2D eigenvalue weighted by molar-refractivity contribution is 0.421. The summed E-state index contributed by atoms with van der Waals surface area (Å²) in [6.07, 6.45) is 6.88. The van der Waals surface area contributed by atoms with Gasteiger partial charge in [0, 0.05) is 37.6 Å². The van der Waals surface area contributed by atoms with Crippen molar-refractivity contribution >= 4 is 0 Å². The molecule has 0 saturated carbocycles. The second kappa shape index (κ2) is 6.48. The molecule has 0 aromatic carbocycles. The number of nitrogens with one attached hydrogen (secondary N) is 1. The summed E-state index contributed by atoms with van der Waals surface area (Å²) in [5.74, 6) is 0.633. The van der Waals surface area contributed by atoms with Crippen molar-refractivity contribution in [2.45, 2.75) is 32.9 Å². The number of aryl methyl sites for hydroxylation is 1. The summed E-state index contributed by atoms with van der Waals surface area (Å²) in [5, 5.41) is 7.77. The molecule has 0 aliphatic heterocycles. The Bertz CT molecular complexity index is 490. The Kier molecular flexibility index (Phi) is 4.68. The molecule has 0 spiro atoms. The standard InChI is InChI=1S/C15H22N4/c1-12(2)8-15(14-6-4-5-7-16-14)17-9-13-10-18-19(3)11-13/h4-7,10-12,15,17H,8-9H2,1-3H3/t15-/m1/s1. The van der Waals surface area contributed by atoms with Crippen molar-refractivity contribution in [2.75, 3.05) is 0 Å². The number of pyridine rings is 1. The van der Waals surface area contributed by atoms with Crippen molar-refractivity contribution in [2.24, 2.45) is 13.0 Å². The predicted molar refractivity (Wildman–Crippen MR) is 76.5 cm³/mol. The van der Waals surface area contributed by atoms with Crippen LogP contribution < -0.4 is 5.32 Å². The fourth-order valence-electron chi connectivity index (χ4n) is 2.17. The van der Waals surface area contributed by atoms with Crippen LogP contribution in [0.5, 0.6) is 0 Å². The van der Waals surface area contributed by atoms with E-state index in [1.54, 1.807) is 0 Å². The van der Waals surface area contributed by atoms with Crippen molar-refractivity contribution in [3.05, 3.63) is 48.0 Å². The fourth-order valence-corrected chi connectivity index (χ4v) is 2.17. The van der Waals surface area contributed by atoms with Crippen molar-refractivity contribution in [3.63, 3.8) is 0 Å². The smallest absolute Gasteiger partial charge is 0.0573 e. The highest BCUT2D eigenvalue weighted by Gasteiger charge is 2.14. The van der Waals surface area contributed by atoms with Crippen LogP contribution in [-0.4, -0.2) is 14.8 Å². The molecule has 102 valence electrons. The maximum atomic E-state index is 4.47. The molecule has 4 heteroatoms. The summed E-state index contributed by atoms with van der Waals surface area (Å²) in [6, 6.07) is 6.38. The Morgan fingerprint density at radius 1 is 1.32 bits per heavy atom. The average Bonchev–Trinajstić information content (AvgIpc) is 2.81. The number of nitrogens with zero attached hydrogens (tertiary/aromatic N) is 3. The Hall–Kier alpha value is -1.68. The fraction of sp³-hybridized carbons (Fsp3) is 0.467. The van der Waals surface area contributed by atoms with Crippen LogP contribution in [0, 0.1) is 5.92 Å². The van der Waals surface area contributed by atoms with Gasteiger partial charge in [0.05, 0.1) is 11.9 Å². The Morgan fingerprint density at radius 2 is 2.16 bits per heavy atom. The molecule has 0 unspecified atom stereocenters. The monoisotopic (exact) mass is 258 g/mol. The summed E-state index contributed by atoms with van der Waals surface area (Å²) in [7, 11) is 1.94. The quantitative estimate of drug-likeness (QED) is 0.866. The largest absolute Gasteiger partial charge is 0.304 e. The molecule has 0 aliphatic rings. The minimum Gasteiger partial charge on any atom is -0.304 e. The Labute approximate surface area is 114 Å². The highest BCUT2D eigenvalue weighted by Crippen LogP contribution is 2.19. The SMILES string of the molecule is CC(C)C[C@@H](NCc1cnn(C)c1)c1ccccn1. The first-order valence-corrected chi connectivity index (χ1v) is 6.77. The number of rotatable bonds is 6. The van der Waals surface area contributed by atoms with Gasteiger partial charge in [0.2, 0.25) is 0 Å². The second-order valence-electron chi connectivity index (χ2n) is 5.34. The van der Waals surface area contributed by atoms with Crippen LogP contribution >= 0.6 is 0 Å². The summed E-state index contributed by atoms with van der Waals surface area (Å²) >= 11 is 0. The minimum atomic E-state index is 0.293. The van der Waals surface area contributed by atoms with Crippen molar-refractivity contribution in [1.29, 1.82) is 0 Å². The maximum absolute atomic E-state index is 4.47. The van der Waals surface area contributed by atoms with E-state index in [2.05, 4.69) is 35.3 Å². The first-order chi connectivity index (χ1) is 9.15. The third kappa shape index (κ3) is 4.17. The summed E-state index contributed by atoms with van der Waals surface area (Å²) in [5.41, 5.74) is 2.31. The van der Waals surface area contributed by atoms with Crippen LogP contribution in [0.15, 0.2) is 36.8 Å². The zero-order chi connectivity index (χ0) is 13.7. The van der Waals surface area contributed by atoms with Crippen LogP contribution in [0.3, 0.4) is 0 Å². The Morgan fingerprint density at radius 3 is 2.74 bits per heavy atom. The van der Waals surface area contributed by atoms with Crippen LogP contribution in [0.25, 0.3) is 0 Å². The van der Waals surface area contributed by atoms with Crippen molar-refractivity contribution < 1.29 is 0 Å². The van der Waals surface area contributed by atoms with E-state index in [1.807, 2.05) is 42.5 Å². The topological polar surface area (TPSA) is 42.7 Å². The molecule has 0 amide bonds. The van der Waals surface area contributed by atoms with Gasteiger partial charge in [0.25, 0.3) is 0 Å². The lowest BCUT2D eigenvalue weighted by Gasteiger charge is -2.19. The van der Waals surface area contributed by atoms with E-state index in [4.69, 9.17) is 0 Å². The highest BCUT2D eigenvalue weighted by atomic mass is 15.2. The van der Waals surface area contributed by atoms with Crippen LogP contribution in [0.2, 0.25) is 0 Å². The second-order valence-corrected chi connectivity index (χ2v) is 5.34. The summed E-state index contributed by atoms with van der Waals surface area (Å²) in [4.78, 5) is 4.47. The van der Waals surface area contributed by atoms with Crippen LogP contribution in [-0.2, 0) is 13.6 Å². The van der Waals surface area contributed by atoms with Crippen LogP contribution in [0.1, 0.15) is 37.6 Å². The van der Waals surface area contributed by atoms with Crippen LogP contribution in [0.4, 0.5) is 0 Å². The van der Waals surface area contributed by atoms with Gasteiger partial charge in [-0.15, -0.1) is 0 Å². The van der Waals surface area contributed by atoms with Gasteiger partial charge >= 0.3 is 0 Å². The zero-order valence-electron chi connectivity index (χ0n) is 11.9. The van der Waals surface area contributed by atoms with Gasteiger partial charge in [-0.2, -0.15) is 5.10 Å². The molecule has 2 aromatic rings. The average molecular weight is 258 g/mol. The molecule has 1 atom stereocenters. The lowest BCUT2D eigenvalue weighted by atomic mass is 10.0. The predicted octanol–water partition coefficient (Wildman–Crippen LogP) is 2.69. The molecule has 2 heterocycles. The van der Waals surface area contributed by atoms with E-state index >= 15 is 0 Å². The zero-order valence-corrected chi connectivity index (χ0v) is 11.9. The van der Waals surface area contributed by atoms with E-state index in [-0.39, 0.29) is 0 Å². The molecular weight excluding hydrogens is 236 g/mol. The summed E-state index contributed by atoms with van der Waals surface area (Å²) in [6.45, 7) is 5.30. The minimum absolute atomic E-state index is 0.293. The highest BCUT2D eigenvalue weighted by molar-refractivity contribution is 5.10. The van der Waals surface area contributed by atoms with Gasteiger partial charge < -0.3 is 5.32 Å². The van der Waals surface area contributed by atoms with E-state index < -0.39 is 0 Å². The lowest BCUT2D eigenvalue weighted by Crippen LogP contribution is -2.23. The number of hydrogen-bond donors (Lipinski definition) is 1. The molecule has 0 fully saturated rings. The molecule has 0 bridgehead atoms. The molecule has 2 aromatic heterocycles. The van der Waals surface area contributed by atoms with Gasteiger partial charge in [-0.05, 0) is 24.5 Å². The molecule has 4 nitrogen and oxygen atoms in total. The van der Waals surface area contributed by atoms with Crippen molar-refractivity contribution in [3.8, 4) is 0 Å². The van der Waals surface area contributed by atoms with E-state index in [1.165, 1.54) is 5.56 Å². The normalized spacial score (nSPS) is 12.8. The van der Waals surface area contributed by atoms with Gasteiger partial charge in [-0.3, -0.25) is 9.67 Å². The first-order valence-electron chi connectivity index (χ1n) is 6.77. The molecule has 1 N–H and O–H groups in total. The molecule has 0 saturated heterocycles. The maximum Gasteiger partial charge on any atom is 0.0573 e. The first kappa shape index (κ1) is 13.7. The third-order valence-electron chi connectivity index (χ3n) is 3.06. The Balaban J connectivity index is 2.02. The summed E-state index contributed by atoms with van der Waals surface area (Å²) < 4.78 is 1.83. The van der Waals surface area contributed by atoms with E-state index in [0.29, 0.717) is 12.0 Å². The van der Waals surface area contributed by atoms with Gasteiger partial charge in [0.15, 0.2) is 0 Å².